The van der Waals surface area contributed by atoms with Gasteiger partial charge in [-0.05, 0) is 24.6 Å². The number of nitrogens with zero attached hydrogens (tertiary/aromatic N) is 2. The highest BCUT2D eigenvalue weighted by molar-refractivity contribution is 5.90. The quantitative estimate of drug-likeness (QED) is 0.918. The molecule has 0 saturated carbocycles. The fourth-order valence-electron chi connectivity index (χ4n) is 1.76. The van der Waals surface area contributed by atoms with Crippen molar-refractivity contribution in [2.24, 2.45) is 0 Å². The van der Waals surface area contributed by atoms with Crippen molar-refractivity contribution in [1.29, 1.82) is 0 Å². The van der Waals surface area contributed by atoms with Crippen LogP contribution in [-0.4, -0.2) is 16.0 Å². The van der Waals surface area contributed by atoms with Crippen molar-refractivity contribution >= 4 is 11.6 Å². The first kappa shape index (κ1) is 15.2. The lowest BCUT2D eigenvalue weighted by atomic mass is 10.2. The summed E-state index contributed by atoms with van der Waals surface area (Å²) in [4.78, 5) is 16.0. The maximum atomic E-state index is 13.6. The molecule has 1 aromatic carbocycles. The number of nitrogens with one attached hydrogen (secondary N) is 1. The van der Waals surface area contributed by atoms with Gasteiger partial charge in [0.05, 0.1) is 5.69 Å². The number of anilines is 1. The van der Waals surface area contributed by atoms with Crippen LogP contribution in [0.3, 0.4) is 0 Å². The molecule has 1 heterocycles. The Bertz CT molecular complexity index is 638. The zero-order chi connectivity index (χ0) is 15.4. The molecule has 5 nitrogen and oxygen atoms in total. The second kappa shape index (κ2) is 6.47. The van der Waals surface area contributed by atoms with Gasteiger partial charge in [-0.2, -0.15) is 4.98 Å². The number of amides is 1. The third kappa shape index (κ3) is 4.11. The van der Waals surface area contributed by atoms with E-state index in [1.807, 2.05) is 13.8 Å². The number of hydrogen-bond donors (Lipinski definition) is 1. The zero-order valence-electron chi connectivity index (χ0n) is 12.3. The predicted octanol–water partition coefficient (Wildman–Crippen LogP) is 3.21. The summed E-state index contributed by atoms with van der Waals surface area (Å²) < 4.78 is 18.7. The van der Waals surface area contributed by atoms with Crippen molar-refractivity contribution in [3.8, 4) is 0 Å². The van der Waals surface area contributed by atoms with E-state index < -0.39 is 5.82 Å². The van der Waals surface area contributed by atoms with Gasteiger partial charge in [0.1, 0.15) is 5.82 Å². The minimum absolute atomic E-state index is 0.160. The first-order chi connectivity index (χ1) is 9.95. The smallest absolute Gasteiger partial charge is 0.227 e. The highest BCUT2D eigenvalue weighted by atomic mass is 19.1. The molecule has 0 aliphatic carbocycles. The van der Waals surface area contributed by atoms with Crippen molar-refractivity contribution in [2.45, 2.75) is 39.5 Å². The molecule has 0 fully saturated rings. The molecule has 1 amide bonds. The maximum absolute atomic E-state index is 13.6. The van der Waals surface area contributed by atoms with Gasteiger partial charge in [-0.3, -0.25) is 4.79 Å². The Morgan fingerprint density at radius 3 is 2.81 bits per heavy atom. The summed E-state index contributed by atoms with van der Waals surface area (Å²) in [6, 6.07) is 4.67. The van der Waals surface area contributed by atoms with E-state index in [1.54, 1.807) is 19.1 Å². The summed E-state index contributed by atoms with van der Waals surface area (Å²) >= 11 is 0. The number of carbonyl (C=O) groups excluding carboxylic acids is 1. The average molecular weight is 291 g/mol. The Morgan fingerprint density at radius 1 is 1.43 bits per heavy atom. The van der Waals surface area contributed by atoms with Crippen LogP contribution < -0.4 is 5.32 Å². The van der Waals surface area contributed by atoms with Crippen LogP contribution in [0, 0.1) is 12.7 Å². The number of carbonyl (C=O) groups is 1. The van der Waals surface area contributed by atoms with Crippen molar-refractivity contribution in [3.05, 3.63) is 41.3 Å². The summed E-state index contributed by atoms with van der Waals surface area (Å²) in [5.74, 6) is 0.483. The molecule has 0 radical (unpaired) electrons. The van der Waals surface area contributed by atoms with Gasteiger partial charge < -0.3 is 9.84 Å². The minimum Gasteiger partial charge on any atom is -0.339 e. The molecule has 112 valence electrons. The summed E-state index contributed by atoms with van der Waals surface area (Å²) in [6.45, 7) is 5.71. The second-order valence-electron chi connectivity index (χ2n) is 5.23. The molecule has 21 heavy (non-hydrogen) atoms. The van der Waals surface area contributed by atoms with Crippen molar-refractivity contribution in [1.82, 2.24) is 10.1 Å². The Labute approximate surface area is 122 Å². The van der Waals surface area contributed by atoms with Gasteiger partial charge in [0.25, 0.3) is 0 Å². The number of hydrogen-bond acceptors (Lipinski definition) is 4. The van der Waals surface area contributed by atoms with Crippen LogP contribution in [0.25, 0.3) is 0 Å². The van der Waals surface area contributed by atoms with Crippen molar-refractivity contribution in [3.63, 3.8) is 0 Å². The molecule has 1 aromatic heterocycles. The lowest BCUT2D eigenvalue weighted by Crippen LogP contribution is -2.13. The minimum atomic E-state index is -0.441. The van der Waals surface area contributed by atoms with E-state index >= 15 is 0 Å². The molecule has 0 bridgehead atoms. The fraction of sp³-hybridized carbons (Fsp3) is 0.400. The first-order valence-electron chi connectivity index (χ1n) is 6.84. The lowest BCUT2D eigenvalue weighted by Gasteiger charge is -2.06. The van der Waals surface area contributed by atoms with Gasteiger partial charge in [0, 0.05) is 18.8 Å². The normalized spacial score (nSPS) is 10.9. The molecule has 0 unspecified atom stereocenters. The maximum Gasteiger partial charge on any atom is 0.227 e. The van der Waals surface area contributed by atoms with Crippen molar-refractivity contribution < 1.29 is 13.7 Å². The highest BCUT2D eigenvalue weighted by Crippen LogP contribution is 2.16. The fourth-order valence-corrected chi connectivity index (χ4v) is 1.76. The number of benzene rings is 1. The predicted molar refractivity (Wildman–Crippen MR) is 76.5 cm³/mol. The standard InChI is InChI=1S/C15H18FN3O2/c1-9(2)15-18-14(21-19-15)7-6-13(20)17-12-5-4-10(3)8-11(12)16/h4-5,8-9H,6-7H2,1-3H3,(H,17,20). The Hall–Kier alpha value is -2.24. The van der Waals surface area contributed by atoms with Crippen LogP contribution in [0.15, 0.2) is 22.7 Å². The zero-order valence-corrected chi connectivity index (χ0v) is 12.3. The lowest BCUT2D eigenvalue weighted by molar-refractivity contribution is -0.116. The second-order valence-corrected chi connectivity index (χ2v) is 5.23. The number of aryl methyl sites for hydroxylation is 2. The van der Waals surface area contributed by atoms with E-state index in [0.717, 1.165) is 5.56 Å². The molecule has 2 aromatic rings. The van der Waals surface area contributed by atoms with Crippen LogP contribution in [0.1, 0.15) is 43.5 Å². The van der Waals surface area contributed by atoms with Crippen LogP contribution in [0.4, 0.5) is 10.1 Å². The molecular formula is C15H18FN3O2. The molecule has 0 atom stereocenters. The van der Waals surface area contributed by atoms with Crippen LogP contribution in [0.5, 0.6) is 0 Å². The molecule has 0 aliphatic rings. The van der Waals surface area contributed by atoms with E-state index in [4.69, 9.17) is 4.52 Å². The molecule has 2 rings (SSSR count). The SMILES string of the molecule is Cc1ccc(NC(=O)CCc2nc(C(C)C)no2)c(F)c1. The molecule has 1 N–H and O–H groups in total. The van der Waals surface area contributed by atoms with Gasteiger partial charge in [0.15, 0.2) is 5.82 Å². The molecule has 6 heteroatoms. The molecule has 0 saturated heterocycles. The summed E-state index contributed by atoms with van der Waals surface area (Å²) in [6.07, 6.45) is 0.492. The molecular weight excluding hydrogens is 273 g/mol. The van der Waals surface area contributed by atoms with Gasteiger partial charge in [-0.15, -0.1) is 0 Å². The van der Waals surface area contributed by atoms with Gasteiger partial charge in [-0.1, -0.05) is 25.1 Å². The van der Waals surface area contributed by atoms with E-state index in [1.165, 1.54) is 6.07 Å². The average Bonchev–Trinajstić information content (AvgIpc) is 2.89. The van der Waals surface area contributed by atoms with E-state index in [0.29, 0.717) is 18.1 Å². The highest BCUT2D eigenvalue weighted by Gasteiger charge is 2.12. The third-order valence-corrected chi connectivity index (χ3v) is 2.96. The van der Waals surface area contributed by atoms with Crippen LogP contribution in [0.2, 0.25) is 0 Å². The third-order valence-electron chi connectivity index (χ3n) is 2.96. The number of rotatable bonds is 5. The summed E-state index contributed by atoms with van der Waals surface area (Å²) in [5, 5.41) is 6.36. The van der Waals surface area contributed by atoms with Crippen LogP contribution >= 0.6 is 0 Å². The van der Waals surface area contributed by atoms with Gasteiger partial charge in [0.2, 0.25) is 11.8 Å². The monoisotopic (exact) mass is 291 g/mol. The van der Waals surface area contributed by atoms with E-state index in [9.17, 15) is 9.18 Å². The Kier molecular flexibility index (Phi) is 4.67. The number of aromatic nitrogens is 2. The number of halogens is 1. The Morgan fingerprint density at radius 2 is 2.19 bits per heavy atom. The van der Waals surface area contributed by atoms with Gasteiger partial charge in [-0.25, -0.2) is 4.39 Å². The van der Waals surface area contributed by atoms with E-state index in [-0.39, 0.29) is 23.9 Å². The van der Waals surface area contributed by atoms with Crippen molar-refractivity contribution in [2.75, 3.05) is 5.32 Å². The first-order valence-corrected chi connectivity index (χ1v) is 6.84. The molecule has 0 aliphatic heterocycles. The summed E-state index contributed by atoms with van der Waals surface area (Å²) in [5.41, 5.74) is 0.983. The largest absolute Gasteiger partial charge is 0.339 e. The van der Waals surface area contributed by atoms with Crippen LogP contribution in [-0.2, 0) is 11.2 Å². The Balaban J connectivity index is 1.89. The topological polar surface area (TPSA) is 68.0 Å². The van der Waals surface area contributed by atoms with Gasteiger partial charge >= 0.3 is 0 Å². The molecule has 0 spiro atoms. The van der Waals surface area contributed by atoms with E-state index in [2.05, 4.69) is 15.5 Å². The summed E-state index contributed by atoms with van der Waals surface area (Å²) in [7, 11) is 0.